The number of nitrogens with two attached hydrogens (primary N) is 1. The molecule has 0 aromatic heterocycles. The van der Waals surface area contributed by atoms with Crippen LogP contribution in [-0.4, -0.2) is 35.8 Å². The van der Waals surface area contributed by atoms with E-state index in [-0.39, 0.29) is 18.3 Å². The molecule has 2 heterocycles. The van der Waals surface area contributed by atoms with Gasteiger partial charge in [0.25, 0.3) is 0 Å². The zero-order valence-electron chi connectivity index (χ0n) is 15.2. The number of rotatable bonds is 1. The van der Waals surface area contributed by atoms with Crippen LogP contribution in [0.3, 0.4) is 0 Å². The van der Waals surface area contributed by atoms with Crippen molar-refractivity contribution in [2.45, 2.75) is 38.3 Å². The molecule has 0 spiro atoms. The Labute approximate surface area is 156 Å². The highest BCUT2D eigenvalue weighted by molar-refractivity contribution is 8.13. The number of aliphatic imine (C=N–C) groups is 1. The van der Waals surface area contributed by atoms with Crippen molar-refractivity contribution in [2.24, 2.45) is 10.9 Å². The van der Waals surface area contributed by atoms with Gasteiger partial charge in [0.05, 0.1) is 6.61 Å². The Morgan fingerprint density at radius 3 is 3.00 bits per heavy atom. The molecule has 142 valence electrons. The van der Waals surface area contributed by atoms with Gasteiger partial charge in [-0.3, -0.25) is 5.32 Å². The van der Waals surface area contributed by atoms with E-state index in [0.717, 1.165) is 6.42 Å². The van der Waals surface area contributed by atoms with E-state index >= 15 is 0 Å². The number of carbonyl (C=O) groups excluding carboxylic acids is 1. The number of amidine groups is 1. The molecule has 3 N–H and O–H groups in total. The molecule has 1 saturated heterocycles. The smallest absolute Gasteiger partial charge is 0.413 e. The standard InChI is InChI=1S/C18H24FN3O3S/c1-17(2,3)25-16(23)21-15-22-18(10-24-7-6-11(18)9-26-15)13-8-12(20)4-5-14(13)19/h4-5,8,11H,6-7,9-10,20H2,1-3H3,(H,21,22,23). The molecule has 2 aliphatic heterocycles. The zero-order chi connectivity index (χ0) is 18.9. The van der Waals surface area contributed by atoms with Gasteiger partial charge in [-0.1, -0.05) is 11.8 Å². The van der Waals surface area contributed by atoms with Crippen molar-refractivity contribution in [2.75, 3.05) is 24.7 Å². The topological polar surface area (TPSA) is 85.9 Å². The molecule has 1 fully saturated rings. The molecule has 2 atom stereocenters. The minimum atomic E-state index is -0.896. The van der Waals surface area contributed by atoms with Crippen molar-refractivity contribution in [3.8, 4) is 0 Å². The maximum absolute atomic E-state index is 14.6. The average molecular weight is 381 g/mol. The summed E-state index contributed by atoms with van der Waals surface area (Å²) < 4.78 is 25.6. The predicted molar refractivity (Wildman–Crippen MR) is 101 cm³/mol. The van der Waals surface area contributed by atoms with Gasteiger partial charge in [0.1, 0.15) is 17.0 Å². The summed E-state index contributed by atoms with van der Waals surface area (Å²) in [7, 11) is 0. The first-order valence-corrected chi connectivity index (χ1v) is 9.54. The van der Waals surface area contributed by atoms with Crippen molar-refractivity contribution >= 4 is 28.7 Å². The normalized spacial score (nSPS) is 25.8. The molecule has 8 heteroatoms. The molecule has 3 rings (SSSR count). The van der Waals surface area contributed by atoms with Crippen molar-refractivity contribution in [3.05, 3.63) is 29.6 Å². The molecular formula is C18H24FN3O3S. The van der Waals surface area contributed by atoms with Crippen molar-refractivity contribution in [1.29, 1.82) is 0 Å². The third-order valence-electron chi connectivity index (χ3n) is 4.40. The Bertz CT molecular complexity index is 735. The van der Waals surface area contributed by atoms with Gasteiger partial charge >= 0.3 is 6.09 Å². The number of nitrogens with zero attached hydrogens (tertiary/aromatic N) is 1. The van der Waals surface area contributed by atoms with E-state index in [0.29, 0.717) is 28.8 Å². The second-order valence-electron chi connectivity index (χ2n) is 7.56. The number of thioether (sulfide) groups is 1. The van der Waals surface area contributed by atoms with E-state index in [1.807, 2.05) is 0 Å². The average Bonchev–Trinajstić information content (AvgIpc) is 2.55. The van der Waals surface area contributed by atoms with Crippen LogP contribution in [0.4, 0.5) is 14.9 Å². The highest BCUT2D eigenvalue weighted by Gasteiger charge is 2.47. The number of carbonyl (C=O) groups is 1. The van der Waals surface area contributed by atoms with E-state index in [1.54, 1.807) is 26.8 Å². The van der Waals surface area contributed by atoms with Gasteiger partial charge in [0.15, 0.2) is 5.17 Å². The summed E-state index contributed by atoms with van der Waals surface area (Å²) in [6, 6.07) is 4.49. The van der Waals surface area contributed by atoms with Crippen LogP contribution in [0.25, 0.3) is 0 Å². The number of anilines is 1. The van der Waals surface area contributed by atoms with Crippen LogP contribution in [0, 0.1) is 11.7 Å². The molecular weight excluding hydrogens is 357 g/mol. The number of ether oxygens (including phenoxy) is 2. The number of fused-ring (bicyclic) bond motifs is 1. The van der Waals surface area contributed by atoms with Crippen molar-refractivity contribution < 1.29 is 18.7 Å². The molecule has 2 unspecified atom stereocenters. The highest BCUT2D eigenvalue weighted by atomic mass is 32.2. The molecule has 0 radical (unpaired) electrons. The van der Waals surface area contributed by atoms with Gasteiger partial charge in [0, 0.05) is 29.5 Å². The summed E-state index contributed by atoms with van der Waals surface area (Å²) in [6.07, 6.45) is 0.187. The second kappa shape index (κ2) is 7.08. The predicted octanol–water partition coefficient (Wildman–Crippen LogP) is 3.27. The number of hydrogen-bond donors (Lipinski definition) is 2. The number of hydrogen-bond acceptors (Lipinski definition) is 6. The summed E-state index contributed by atoms with van der Waals surface area (Å²) in [5, 5.41) is 3.09. The molecule has 0 aliphatic carbocycles. The van der Waals surface area contributed by atoms with E-state index < -0.39 is 17.2 Å². The molecule has 2 aliphatic rings. The van der Waals surface area contributed by atoms with Gasteiger partial charge in [-0.25, -0.2) is 14.2 Å². The molecule has 1 aromatic rings. The van der Waals surface area contributed by atoms with Gasteiger partial charge in [0.2, 0.25) is 0 Å². The van der Waals surface area contributed by atoms with Crippen LogP contribution in [0.2, 0.25) is 0 Å². The lowest BCUT2D eigenvalue weighted by atomic mass is 9.76. The summed E-state index contributed by atoms with van der Waals surface area (Å²) in [5.41, 5.74) is 5.25. The molecule has 0 bridgehead atoms. The first-order valence-electron chi connectivity index (χ1n) is 8.55. The number of benzene rings is 1. The van der Waals surface area contributed by atoms with E-state index in [4.69, 9.17) is 20.2 Å². The fraction of sp³-hybridized carbons (Fsp3) is 0.556. The molecule has 1 aromatic carbocycles. The van der Waals surface area contributed by atoms with E-state index in [1.165, 1.54) is 23.9 Å². The lowest BCUT2D eigenvalue weighted by Crippen LogP contribution is -2.49. The lowest BCUT2D eigenvalue weighted by molar-refractivity contribution is 0.00280. The third-order valence-corrected chi connectivity index (χ3v) is 5.43. The van der Waals surface area contributed by atoms with Crippen LogP contribution < -0.4 is 11.1 Å². The van der Waals surface area contributed by atoms with E-state index in [9.17, 15) is 9.18 Å². The lowest BCUT2D eigenvalue weighted by Gasteiger charge is -2.44. The van der Waals surface area contributed by atoms with Crippen LogP contribution >= 0.6 is 11.8 Å². The minimum absolute atomic E-state index is 0.0988. The Kier molecular flexibility index (Phi) is 5.16. The second-order valence-corrected chi connectivity index (χ2v) is 8.57. The van der Waals surface area contributed by atoms with Crippen molar-refractivity contribution in [3.63, 3.8) is 0 Å². The van der Waals surface area contributed by atoms with Crippen LogP contribution in [0.1, 0.15) is 32.8 Å². The largest absolute Gasteiger partial charge is 0.444 e. The summed E-state index contributed by atoms with van der Waals surface area (Å²) in [4.78, 5) is 16.8. The molecule has 6 nitrogen and oxygen atoms in total. The Morgan fingerprint density at radius 1 is 1.50 bits per heavy atom. The fourth-order valence-corrected chi connectivity index (χ4v) is 4.42. The van der Waals surface area contributed by atoms with Crippen LogP contribution in [-0.2, 0) is 15.0 Å². The number of alkyl carbamates (subject to hydrolysis) is 1. The monoisotopic (exact) mass is 381 g/mol. The molecule has 0 saturated carbocycles. The zero-order valence-corrected chi connectivity index (χ0v) is 16.0. The summed E-state index contributed by atoms with van der Waals surface area (Å²) in [6.45, 7) is 6.23. The van der Waals surface area contributed by atoms with Gasteiger partial charge in [-0.15, -0.1) is 0 Å². The molecule has 1 amide bonds. The Hall–Kier alpha value is -1.80. The Balaban J connectivity index is 1.95. The Morgan fingerprint density at radius 2 is 2.27 bits per heavy atom. The van der Waals surface area contributed by atoms with Gasteiger partial charge in [-0.05, 0) is 45.4 Å². The summed E-state index contributed by atoms with van der Waals surface area (Å²) >= 11 is 1.44. The summed E-state index contributed by atoms with van der Waals surface area (Å²) in [5.74, 6) is 0.426. The van der Waals surface area contributed by atoms with Gasteiger partial charge < -0.3 is 15.2 Å². The number of halogens is 1. The van der Waals surface area contributed by atoms with Gasteiger partial charge in [-0.2, -0.15) is 0 Å². The molecule has 26 heavy (non-hydrogen) atoms. The first kappa shape index (κ1) is 19.0. The maximum atomic E-state index is 14.6. The number of nitrogen functional groups attached to an aromatic ring is 1. The minimum Gasteiger partial charge on any atom is -0.444 e. The van der Waals surface area contributed by atoms with Crippen molar-refractivity contribution in [1.82, 2.24) is 5.32 Å². The van der Waals surface area contributed by atoms with Crippen LogP contribution in [0.5, 0.6) is 0 Å². The van der Waals surface area contributed by atoms with Crippen LogP contribution in [0.15, 0.2) is 23.2 Å². The fourth-order valence-electron chi connectivity index (χ4n) is 3.24. The highest BCUT2D eigenvalue weighted by Crippen LogP contribution is 2.45. The first-order chi connectivity index (χ1) is 12.2. The quantitative estimate of drug-likeness (QED) is 0.729. The van der Waals surface area contributed by atoms with E-state index in [2.05, 4.69) is 5.32 Å². The number of nitrogens with one attached hydrogen (secondary N) is 1. The maximum Gasteiger partial charge on any atom is 0.413 e. The third kappa shape index (κ3) is 3.96. The SMILES string of the molecule is CC(C)(C)OC(=O)NC1=NC2(c3cc(N)ccc3F)COCCC2CS1. The number of amides is 1.